The molecule has 1 nitrogen and oxygen atoms in total. The molecule has 0 heterocycles. The third kappa shape index (κ3) is 6.66. The molecule has 0 aromatic carbocycles. The predicted molar refractivity (Wildman–Crippen MR) is 54.1 cm³/mol. The summed E-state index contributed by atoms with van der Waals surface area (Å²) >= 11 is 0. The summed E-state index contributed by atoms with van der Waals surface area (Å²) in [5.41, 5.74) is 0. The van der Waals surface area contributed by atoms with Crippen molar-refractivity contribution in [3.63, 3.8) is 0 Å². The van der Waals surface area contributed by atoms with E-state index in [1.165, 1.54) is 19.3 Å². The van der Waals surface area contributed by atoms with E-state index in [1.807, 2.05) is 0 Å². The minimum absolute atomic E-state index is 0.366. The molecule has 0 aromatic rings. The summed E-state index contributed by atoms with van der Waals surface area (Å²) in [5, 5.41) is 9.09. The van der Waals surface area contributed by atoms with Crippen LogP contribution in [0.4, 0.5) is 0 Å². The van der Waals surface area contributed by atoms with E-state index in [2.05, 4.69) is 27.7 Å². The minimum Gasteiger partial charge on any atom is -0.396 e. The lowest BCUT2D eigenvalue weighted by atomic mass is 9.91. The van der Waals surface area contributed by atoms with Gasteiger partial charge in [-0.3, -0.25) is 0 Å². The van der Waals surface area contributed by atoms with Gasteiger partial charge >= 0.3 is 0 Å². The van der Waals surface area contributed by atoms with Gasteiger partial charge in [0.25, 0.3) is 0 Å². The maximum absolute atomic E-state index is 9.09. The molecule has 0 saturated heterocycles. The second-order valence-electron chi connectivity index (χ2n) is 4.65. The molecule has 74 valence electrons. The standard InChI is InChI=1S/C11H24O/c1-9(2)5-6-11(8-12)7-10(3)4/h9-12H,5-8H2,1-4H3. The Hall–Kier alpha value is -0.0400. The van der Waals surface area contributed by atoms with E-state index in [0.29, 0.717) is 18.4 Å². The molecule has 1 heteroatoms. The number of aliphatic hydroxyl groups excluding tert-OH is 1. The molecule has 0 bridgehead atoms. The van der Waals surface area contributed by atoms with Gasteiger partial charge in [0, 0.05) is 6.61 Å². The van der Waals surface area contributed by atoms with Gasteiger partial charge in [-0.15, -0.1) is 0 Å². The van der Waals surface area contributed by atoms with Crippen molar-refractivity contribution in [1.29, 1.82) is 0 Å². The van der Waals surface area contributed by atoms with Crippen molar-refractivity contribution in [1.82, 2.24) is 0 Å². The Morgan fingerprint density at radius 2 is 1.50 bits per heavy atom. The zero-order valence-corrected chi connectivity index (χ0v) is 9.01. The van der Waals surface area contributed by atoms with Crippen molar-refractivity contribution in [2.75, 3.05) is 6.61 Å². The summed E-state index contributed by atoms with van der Waals surface area (Å²) < 4.78 is 0. The highest BCUT2D eigenvalue weighted by atomic mass is 16.3. The van der Waals surface area contributed by atoms with Crippen LogP contribution in [0.15, 0.2) is 0 Å². The van der Waals surface area contributed by atoms with E-state index in [4.69, 9.17) is 5.11 Å². The van der Waals surface area contributed by atoms with Gasteiger partial charge in [-0.25, -0.2) is 0 Å². The third-order valence-corrected chi connectivity index (χ3v) is 2.22. The van der Waals surface area contributed by atoms with Gasteiger partial charge in [0.1, 0.15) is 0 Å². The Kier molecular flexibility index (Phi) is 6.45. The Labute approximate surface area is 77.2 Å². The fourth-order valence-corrected chi connectivity index (χ4v) is 1.52. The Morgan fingerprint density at radius 1 is 0.917 bits per heavy atom. The molecule has 1 unspecified atom stereocenters. The van der Waals surface area contributed by atoms with Crippen LogP contribution in [-0.2, 0) is 0 Å². The van der Waals surface area contributed by atoms with Crippen molar-refractivity contribution < 1.29 is 5.11 Å². The van der Waals surface area contributed by atoms with E-state index in [0.717, 1.165) is 5.92 Å². The van der Waals surface area contributed by atoms with E-state index in [-0.39, 0.29) is 0 Å². The SMILES string of the molecule is CC(C)CCC(CO)CC(C)C. The Morgan fingerprint density at radius 3 is 1.83 bits per heavy atom. The number of hydrogen-bond acceptors (Lipinski definition) is 1. The molecule has 0 aliphatic rings. The quantitative estimate of drug-likeness (QED) is 0.653. The first kappa shape index (κ1) is 12.0. The molecular weight excluding hydrogens is 148 g/mol. The Balaban J connectivity index is 3.53. The summed E-state index contributed by atoms with van der Waals surface area (Å²) in [6, 6.07) is 0. The second-order valence-corrected chi connectivity index (χ2v) is 4.65. The number of hydrogen-bond donors (Lipinski definition) is 1. The van der Waals surface area contributed by atoms with Gasteiger partial charge in [0.05, 0.1) is 0 Å². The first-order valence-corrected chi connectivity index (χ1v) is 5.17. The monoisotopic (exact) mass is 172 g/mol. The summed E-state index contributed by atoms with van der Waals surface area (Å²) in [5.74, 6) is 2.02. The lowest BCUT2D eigenvalue weighted by Gasteiger charge is -2.17. The van der Waals surface area contributed by atoms with E-state index in [1.54, 1.807) is 0 Å². The van der Waals surface area contributed by atoms with Crippen LogP contribution in [0, 0.1) is 17.8 Å². The first-order chi connectivity index (χ1) is 5.56. The maximum atomic E-state index is 9.09. The molecule has 0 spiro atoms. The van der Waals surface area contributed by atoms with Crippen LogP contribution in [0.3, 0.4) is 0 Å². The Bertz CT molecular complexity index is 97.2. The zero-order valence-electron chi connectivity index (χ0n) is 9.01. The van der Waals surface area contributed by atoms with Crippen molar-refractivity contribution >= 4 is 0 Å². The van der Waals surface area contributed by atoms with Crippen LogP contribution < -0.4 is 0 Å². The van der Waals surface area contributed by atoms with Crippen molar-refractivity contribution in [2.24, 2.45) is 17.8 Å². The molecule has 0 aromatic heterocycles. The average molecular weight is 172 g/mol. The van der Waals surface area contributed by atoms with Gasteiger partial charge in [-0.05, 0) is 30.6 Å². The molecule has 0 fully saturated rings. The summed E-state index contributed by atoms with van der Waals surface area (Å²) in [7, 11) is 0. The highest BCUT2D eigenvalue weighted by molar-refractivity contribution is 4.61. The highest BCUT2D eigenvalue weighted by Gasteiger charge is 2.09. The molecule has 0 radical (unpaired) electrons. The molecule has 1 atom stereocenters. The first-order valence-electron chi connectivity index (χ1n) is 5.17. The van der Waals surface area contributed by atoms with Gasteiger partial charge in [-0.1, -0.05) is 34.1 Å². The summed E-state index contributed by atoms with van der Waals surface area (Å²) in [6.07, 6.45) is 3.60. The predicted octanol–water partition coefficient (Wildman–Crippen LogP) is 3.08. The third-order valence-electron chi connectivity index (χ3n) is 2.22. The molecule has 0 aliphatic carbocycles. The van der Waals surface area contributed by atoms with Gasteiger partial charge in [0.15, 0.2) is 0 Å². The van der Waals surface area contributed by atoms with Crippen LogP contribution in [0.1, 0.15) is 47.0 Å². The molecule has 1 N–H and O–H groups in total. The topological polar surface area (TPSA) is 20.2 Å². The van der Waals surface area contributed by atoms with E-state index >= 15 is 0 Å². The van der Waals surface area contributed by atoms with Gasteiger partial charge in [-0.2, -0.15) is 0 Å². The molecule has 0 saturated carbocycles. The molecule has 12 heavy (non-hydrogen) atoms. The van der Waals surface area contributed by atoms with Crippen molar-refractivity contribution in [3.05, 3.63) is 0 Å². The fraction of sp³-hybridized carbons (Fsp3) is 1.00. The van der Waals surface area contributed by atoms with Crippen LogP contribution in [0.2, 0.25) is 0 Å². The van der Waals surface area contributed by atoms with Gasteiger partial charge < -0.3 is 5.11 Å². The lowest BCUT2D eigenvalue weighted by Crippen LogP contribution is -2.10. The summed E-state index contributed by atoms with van der Waals surface area (Å²) in [6.45, 7) is 9.29. The van der Waals surface area contributed by atoms with Crippen molar-refractivity contribution in [2.45, 2.75) is 47.0 Å². The lowest BCUT2D eigenvalue weighted by molar-refractivity contribution is 0.191. The van der Waals surface area contributed by atoms with E-state index < -0.39 is 0 Å². The number of rotatable bonds is 6. The molecule has 0 rings (SSSR count). The van der Waals surface area contributed by atoms with Crippen LogP contribution in [-0.4, -0.2) is 11.7 Å². The van der Waals surface area contributed by atoms with Crippen LogP contribution in [0.25, 0.3) is 0 Å². The highest BCUT2D eigenvalue weighted by Crippen LogP contribution is 2.18. The molecular formula is C11H24O. The van der Waals surface area contributed by atoms with Crippen LogP contribution in [0.5, 0.6) is 0 Å². The van der Waals surface area contributed by atoms with E-state index in [9.17, 15) is 0 Å². The molecule has 0 amide bonds. The largest absolute Gasteiger partial charge is 0.396 e. The minimum atomic E-state index is 0.366. The zero-order chi connectivity index (χ0) is 9.56. The summed E-state index contributed by atoms with van der Waals surface area (Å²) in [4.78, 5) is 0. The smallest absolute Gasteiger partial charge is 0.0459 e. The fourth-order valence-electron chi connectivity index (χ4n) is 1.52. The maximum Gasteiger partial charge on any atom is 0.0459 e. The number of aliphatic hydroxyl groups is 1. The normalized spacial score (nSPS) is 14.2. The van der Waals surface area contributed by atoms with Crippen LogP contribution >= 0.6 is 0 Å². The molecule has 0 aliphatic heterocycles. The second kappa shape index (κ2) is 6.47. The average Bonchev–Trinajstić information content (AvgIpc) is 1.97. The van der Waals surface area contributed by atoms with Gasteiger partial charge in [0.2, 0.25) is 0 Å². The van der Waals surface area contributed by atoms with Crippen molar-refractivity contribution in [3.8, 4) is 0 Å².